The summed E-state index contributed by atoms with van der Waals surface area (Å²) in [6.07, 6.45) is 6.19. The van der Waals surface area contributed by atoms with Gasteiger partial charge in [-0.15, -0.1) is 0 Å². The van der Waals surface area contributed by atoms with E-state index in [1.54, 1.807) is 18.6 Å². The summed E-state index contributed by atoms with van der Waals surface area (Å²) < 4.78 is 22.1. The second kappa shape index (κ2) is 8.00. The van der Waals surface area contributed by atoms with Crippen molar-refractivity contribution < 1.29 is 18.7 Å². The number of likely N-dealkylation sites (tertiary alicyclic amines) is 1. The third-order valence-electron chi connectivity index (χ3n) is 5.86. The number of aromatic nitrogens is 4. The molecule has 0 saturated carbocycles. The van der Waals surface area contributed by atoms with Gasteiger partial charge in [0.1, 0.15) is 11.4 Å². The van der Waals surface area contributed by atoms with Gasteiger partial charge in [-0.25, -0.2) is 13.9 Å². The minimum atomic E-state index is -1.36. The second-order valence-corrected chi connectivity index (χ2v) is 8.33. The van der Waals surface area contributed by atoms with Crippen LogP contribution in [0, 0.1) is 5.82 Å². The number of carbonyl (C=O) groups excluding carboxylic acids is 2. The Hall–Kier alpha value is -3.73. The summed E-state index contributed by atoms with van der Waals surface area (Å²) in [5, 5.41) is 6.62. The summed E-state index contributed by atoms with van der Waals surface area (Å²) in [4.78, 5) is 35.3. The molecule has 3 N–H and O–H groups in total. The maximum absolute atomic E-state index is 15.1. The molecule has 0 bridgehead atoms. The van der Waals surface area contributed by atoms with Crippen molar-refractivity contribution in [2.75, 3.05) is 24.1 Å². The van der Waals surface area contributed by atoms with Crippen LogP contribution in [0.1, 0.15) is 34.5 Å². The number of carbonyl (C=O) groups is 2. The summed E-state index contributed by atoms with van der Waals surface area (Å²) in [5.74, 6) is -0.905. The van der Waals surface area contributed by atoms with Crippen molar-refractivity contribution in [2.24, 2.45) is 0 Å². The maximum atomic E-state index is 15.1. The predicted molar refractivity (Wildman–Crippen MR) is 116 cm³/mol. The van der Waals surface area contributed by atoms with Gasteiger partial charge in [0, 0.05) is 18.9 Å². The average Bonchev–Trinajstić information content (AvgIpc) is 3.16. The Balaban J connectivity index is 1.44. The molecular weight excluding hydrogens is 453 g/mol. The number of hydrogen-bond acceptors (Lipinski definition) is 7. The first-order valence-corrected chi connectivity index (χ1v) is 10.6. The van der Waals surface area contributed by atoms with E-state index in [0.29, 0.717) is 25.1 Å². The predicted octanol–water partition coefficient (Wildman–Crippen LogP) is 2.79. The largest absolute Gasteiger partial charge is 0.436 e. The van der Waals surface area contributed by atoms with Crippen LogP contribution >= 0.6 is 11.6 Å². The lowest BCUT2D eigenvalue weighted by molar-refractivity contribution is -0.0418. The number of fused-ring (bicyclic) bond motifs is 2. The van der Waals surface area contributed by atoms with Crippen molar-refractivity contribution in [3.05, 3.63) is 64.6 Å². The normalized spacial score (nSPS) is 19.7. The summed E-state index contributed by atoms with van der Waals surface area (Å²) >= 11 is 6.01. The van der Waals surface area contributed by atoms with Crippen molar-refractivity contribution >= 4 is 35.1 Å². The smallest absolute Gasteiger partial charge is 0.412 e. The van der Waals surface area contributed by atoms with Crippen molar-refractivity contribution in [1.29, 1.82) is 0 Å². The Morgan fingerprint density at radius 3 is 2.97 bits per heavy atom. The van der Waals surface area contributed by atoms with Gasteiger partial charge < -0.3 is 15.4 Å². The van der Waals surface area contributed by atoms with Crippen LogP contribution in [0.25, 0.3) is 0 Å². The number of rotatable bonds is 3. The van der Waals surface area contributed by atoms with Crippen LogP contribution in [-0.4, -0.2) is 49.7 Å². The standard InChI is InChI=1S/C21H19ClFN7O3/c22-14-2-3-15-16(17(14)23)21(33-20(32)28-15)4-1-7-29(11-21)19(31)13-9-27-30(18(13)24)10-12-8-25-5-6-26-12/h2-3,5-6,8-9H,1,4,7,10-11,24H2,(H,28,32)/t21-/m0/s1. The monoisotopic (exact) mass is 471 g/mol. The number of nitrogens with two attached hydrogens (primary N) is 1. The first-order valence-electron chi connectivity index (χ1n) is 10.2. The van der Waals surface area contributed by atoms with E-state index in [2.05, 4.69) is 20.4 Å². The summed E-state index contributed by atoms with van der Waals surface area (Å²) in [6.45, 7) is 0.591. The van der Waals surface area contributed by atoms with E-state index in [-0.39, 0.29) is 40.7 Å². The number of ether oxygens (including phenoxy) is 1. The number of nitrogen functional groups attached to an aromatic ring is 1. The van der Waals surface area contributed by atoms with E-state index in [9.17, 15) is 9.59 Å². The van der Waals surface area contributed by atoms with Crippen LogP contribution < -0.4 is 11.1 Å². The van der Waals surface area contributed by atoms with Crippen LogP contribution in [0.15, 0.2) is 36.9 Å². The molecule has 2 aliphatic rings. The Kier molecular flexibility index (Phi) is 5.12. The molecule has 0 radical (unpaired) electrons. The molecule has 0 unspecified atom stereocenters. The first kappa shape index (κ1) is 21.1. The molecule has 5 rings (SSSR count). The minimum Gasteiger partial charge on any atom is -0.436 e. The summed E-state index contributed by atoms with van der Waals surface area (Å²) in [5.41, 5.74) is 6.09. The number of piperidine rings is 1. The van der Waals surface area contributed by atoms with E-state index >= 15 is 4.39 Å². The first-order chi connectivity index (χ1) is 15.9. The van der Waals surface area contributed by atoms with Gasteiger partial charge in [0.25, 0.3) is 5.91 Å². The number of anilines is 2. The van der Waals surface area contributed by atoms with E-state index in [4.69, 9.17) is 22.1 Å². The Morgan fingerprint density at radius 1 is 1.33 bits per heavy atom. The van der Waals surface area contributed by atoms with Crippen LogP contribution in [0.4, 0.5) is 20.7 Å². The number of nitrogens with zero attached hydrogens (tertiary/aromatic N) is 5. The lowest BCUT2D eigenvalue weighted by atomic mass is 9.83. The van der Waals surface area contributed by atoms with E-state index in [1.807, 2.05) is 0 Å². The second-order valence-electron chi connectivity index (χ2n) is 7.92. The summed E-state index contributed by atoms with van der Waals surface area (Å²) in [6, 6.07) is 2.89. The molecule has 10 nitrogen and oxygen atoms in total. The minimum absolute atomic E-state index is 0.0434. The fourth-order valence-corrected chi connectivity index (χ4v) is 4.53. The Morgan fingerprint density at radius 2 is 2.18 bits per heavy atom. The maximum Gasteiger partial charge on any atom is 0.412 e. The molecule has 170 valence electrons. The topological polar surface area (TPSA) is 128 Å². The molecule has 3 aromatic rings. The van der Waals surface area contributed by atoms with Crippen molar-refractivity contribution in [3.63, 3.8) is 0 Å². The zero-order chi connectivity index (χ0) is 23.2. The fourth-order valence-electron chi connectivity index (χ4n) is 4.37. The highest BCUT2D eigenvalue weighted by Crippen LogP contribution is 2.45. The van der Waals surface area contributed by atoms with Gasteiger partial charge in [0.05, 0.1) is 47.5 Å². The molecule has 1 aromatic carbocycles. The molecule has 1 atom stereocenters. The molecule has 2 aromatic heterocycles. The van der Waals surface area contributed by atoms with Gasteiger partial charge in [-0.2, -0.15) is 5.10 Å². The van der Waals surface area contributed by atoms with Crippen LogP contribution in [0.3, 0.4) is 0 Å². The molecular formula is C21H19ClFN7O3. The number of benzene rings is 1. The van der Waals surface area contributed by atoms with Crippen LogP contribution in [0.5, 0.6) is 0 Å². The number of halogens is 2. The molecule has 12 heteroatoms. The number of hydrogen-bond donors (Lipinski definition) is 2. The molecule has 2 aliphatic heterocycles. The SMILES string of the molecule is Nc1c(C(=O)N2CCC[C@@]3(C2)OC(=O)Nc2ccc(Cl)c(F)c23)cnn1Cc1cnccn1. The highest BCUT2D eigenvalue weighted by Gasteiger charge is 2.48. The zero-order valence-corrected chi connectivity index (χ0v) is 18.0. The average molecular weight is 472 g/mol. The highest BCUT2D eigenvalue weighted by atomic mass is 35.5. The lowest BCUT2D eigenvalue weighted by Gasteiger charge is -2.45. The van der Waals surface area contributed by atoms with Gasteiger partial charge >= 0.3 is 6.09 Å². The molecule has 1 spiro atoms. The van der Waals surface area contributed by atoms with Gasteiger partial charge in [-0.3, -0.25) is 20.1 Å². The summed E-state index contributed by atoms with van der Waals surface area (Å²) in [7, 11) is 0. The van der Waals surface area contributed by atoms with Crippen molar-refractivity contribution in [1.82, 2.24) is 24.6 Å². The molecule has 2 amide bonds. The highest BCUT2D eigenvalue weighted by molar-refractivity contribution is 6.31. The Labute approximate surface area is 192 Å². The fraction of sp³-hybridized carbons (Fsp3) is 0.286. The van der Waals surface area contributed by atoms with Gasteiger partial charge in [-0.05, 0) is 25.0 Å². The number of amides is 2. The van der Waals surface area contributed by atoms with Gasteiger partial charge in [-0.1, -0.05) is 11.6 Å². The number of nitrogens with one attached hydrogen (secondary N) is 1. The molecule has 1 saturated heterocycles. The molecule has 4 heterocycles. The Bertz CT molecular complexity index is 1250. The van der Waals surface area contributed by atoms with Crippen LogP contribution in [-0.2, 0) is 16.9 Å². The van der Waals surface area contributed by atoms with Crippen LogP contribution in [0.2, 0.25) is 5.02 Å². The van der Waals surface area contributed by atoms with Gasteiger partial charge in [0.2, 0.25) is 0 Å². The zero-order valence-electron chi connectivity index (χ0n) is 17.3. The van der Waals surface area contributed by atoms with Crippen molar-refractivity contribution in [2.45, 2.75) is 25.0 Å². The molecule has 0 aliphatic carbocycles. The van der Waals surface area contributed by atoms with E-state index in [1.165, 1.54) is 27.9 Å². The van der Waals surface area contributed by atoms with E-state index < -0.39 is 23.4 Å². The molecule has 1 fully saturated rings. The third kappa shape index (κ3) is 3.63. The van der Waals surface area contributed by atoms with E-state index in [0.717, 1.165) is 0 Å². The van der Waals surface area contributed by atoms with Crippen molar-refractivity contribution in [3.8, 4) is 0 Å². The third-order valence-corrected chi connectivity index (χ3v) is 6.15. The lowest BCUT2D eigenvalue weighted by Crippen LogP contribution is -2.53. The quantitative estimate of drug-likeness (QED) is 0.601. The van der Waals surface area contributed by atoms with Gasteiger partial charge in [0.15, 0.2) is 11.4 Å². The molecule has 33 heavy (non-hydrogen) atoms.